The molecule has 37 heavy (non-hydrogen) atoms. The lowest BCUT2D eigenvalue weighted by Gasteiger charge is -2.22. The van der Waals surface area contributed by atoms with Gasteiger partial charge in [-0.15, -0.1) is 11.3 Å². The van der Waals surface area contributed by atoms with Crippen LogP contribution in [0.2, 0.25) is 4.34 Å². The van der Waals surface area contributed by atoms with E-state index in [0.717, 1.165) is 22.7 Å². The number of anilines is 1. The van der Waals surface area contributed by atoms with Gasteiger partial charge in [-0.25, -0.2) is 0 Å². The standard InChI is InChI=1S/C27H25ClN4O4S/c1-15(23-29-14-27(2,3)31-23)36-17-7-4-6-16(12-17)13-32-25(34)18-8-5-9-19(22(18)26(32)35)30-24(33)20-10-11-21(28)37-20/h4-12,15H,13-14H2,1-3H3,(H,29,31)(H,30,33). The van der Waals surface area contributed by atoms with E-state index < -0.39 is 17.7 Å². The molecule has 2 aliphatic rings. The smallest absolute Gasteiger partial charge is 0.265 e. The van der Waals surface area contributed by atoms with E-state index in [0.29, 0.717) is 21.5 Å². The monoisotopic (exact) mass is 536 g/mol. The highest BCUT2D eigenvalue weighted by molar-refractivity contribution is 7.18. The van der Waals surface area contributed by atoms with Crippen LogP contribution in [0, 0.1) is 0 Å². The van der Waals surface area contributed by atoms with Crippen LogP contribution in [0.3, 0.4) is 0 Å². The molecule has 3 heterocycles. The first-order valence-corrected chi connectivity index (χ1v) is 12.9. The maximum Gasteiger partial charge on any atom is 0.265 e. The topological polar surface area (TPSA) is 100 Å². The highest BCUT2D eigenvalue weighted by Crippen LogP contribution is 2.32. The van der Waals surface area contributed by atoms with Crippen molar-refractivity contribution in [2.24, 2.45) is 4.99 Å². The molecular weight excluding hydrogens is 512 g/mol. The van der Waals surface area contributed by atoms with Gasteiger partial charge in [-0.2, -0.15) is 0 Å². The van der Waals surface area contributed by atoms with Crippen molar-refractivity contribution in [1.29, 1.82) is 0 Å². The van der Waals surface area contributed by atoms with Gasteiger partial charge < -0.3 is 15.4 Å². The molecule has 0 bridgehead atoms. The molecule has 0 fully saturated rings. The fourth-order valence-corrected chi connectivity index (χ4v) is 5.24. The number of ether oxygens (including phenoxy) is 1. The third kappa shape index (κ3) is 5.10. The summed E-state index contributed by atoms with van der Waals surface area (Å²) < 4.78 is 6.57. The zero-order valence-corrected chi connectivity index (χ0v) is 22.1. The largest absolute Gasteiger partial charge is 0.483 e. The van der Waals surface area contributed by atoms with Gasteiger partial charge in [-0.05, 0) is 62.7 Å². The van der Waals surface area contributed by atoms with E-state index in [1.807, 2.05) is 31.2 Å². The van der Waals surface area contributed by atoms with Crippen LogP contribution in [0.5, 0.6) is 5.75 Å². The summed E-state index contributed by atoms with van der Waals surface area (Å²) in [6.45, 7) is 6.82. The lowest BCUT2D eigenvalue weighted by Crippen LogP contribution is -2.44. The average Bonchev–Trinajstić information content (AvgIpc) is 3.52. The van der Waals surface area contributed by atoms with Gasteiger partial charge in [0.2, 0.25) is 0 Å². The van der Waals surface area contributed by atoms with Gasteiger partial charge in [0.25, 0.3) is 17.7 Å². The third-order valence-corrected chi connectivity index (χ3v) is 7.32. The lowest BCUT2D eigenvalue weighted by atomic mass is 10.1. The van der Waals surface area contributed by atoms with E-state index in [1.54, 1.807) is 30.3 Å². The number of benzene rings is 2. The van der Waals surface area contributed by atoms with Gasteiger partial charge in [0.1, 0.15) is 11.6 Å². The van der Waals surface area contributed by atoms with Crippen LogP contribution in [0.1, 0.15) is 56.7 Å². The highest BCUT2D eigenvalue weighted by Gasteiger charge is 2.38. The number of hydrogen-bond donors (Lipinski definition) is 2. The number of thiophene rings is 1. The van der Waals surface area contributed by atoms with Crippen LogP contribution in [0.25, 0.3) is 0 Å². The highest BCUT2D eigenvalue weighted by atomic mass is 35.5. The minimum absolute atomic E-state index is 0.0675. The Hall–Kier alpha value is -3.69. The van der Waals surface area contributed by atoms with E-state index in [2.05, 4.69) is 29.5 Å². The molecule has 10 heteroatoms. The Morgan fingerprint density at radius 2 is 1.97 bits per heavy atom. The van der Waals surface area contributed by atoms with Crippen molar-refractivity contribution < 1.29 is 19.1 Å². The lowest BCUT2D eigenvalue weighted by molar-refractivity contribution is 0.0642. The molecule has 0 aliphatic carbocycles. The molecule has 0 saturated carbocycles. The van der Waals surface area contributed by atoms with Gasteiger partial charge in [0.15, 0.2) is 6.10 Å². The maximum atomic E-state index is 13.3. The second-order valence-corrected chi connectivity index (χ2v) is 11.3. The van der Waals surface area contributed by atoms with Gasteiger partial charge in [0.05, 0.1) is 44.7 Å². The minimum Gasteiger partial charge on any atom is -0.483 e. The molecule has 2 aromatic carbocycles. The van der Waals surface area contributed by atoms with Crippen LogP contribution in [0.4, 0.5) is 5.69 Å². The normalized spacial score (nSPS) is 16.8. The van der Waals surface area contributed by atoms with Crippen molar-refractivity contribution in [2.75, 3.05) is 11.9 Å². The fourth-order valence-electron chi connectivity index (χ4n) is 4.30. The average molecular weight is 537 g/mol. The fraction of sp³-hybridized carbons (Fsp3) is 0.259. The zero-order valence-electron chi connectivity index (χ0n) is 20.5. The molecule has 190 valence electrons. The molecule has 3 amide bonds. The van der Waals surface area contributed by atoms with Gasteiger partial charge in [-0.3, -0.25) is 24.3 Å². The Morgan fingerprint density at radius 3 is 2.68 bits per heavy atom. The number of aliphatic imine (C=N–C) groups is 1. The van der Waals surface area contributed by atoms with E-state index in [4.69, 9.17) is 16.3 Å². The summed E-state index contributed by atoms with van der Waals surface area (Å²) >= 11 is 7.07. The van der Waals surface area contributed by atoms with Gasteiger partial charge in [0, 0.05) is 0 Å². The number of fused-ring (bicyclic) bond motifs is 1. The first-order chi connectivity index (χ1) is 17.6. The summed E-state index contributed by atoms with van der Waals surface area (Å²) in [4.78, 5) is 45.2. The molecule has 1 atom stereocenters. The molecule has 0 saturated heterocycles. The molecular formula is C27H25ClN4O4S. The number of nitrogens with one attached hydrogen (secondary N) is 2. The number of carbonyl (C=O) groups excluding carboxylic acids is 3. The van der Waals surface area contributed by atoms with Crippen molar-refractivity contribution >= 4 is 52.2 Å². The van der Waals surface area contributed by atoms with Crippen LogP contribution >= 0.6 is 22.9 Å². The Labute approximate surface area is 223 Å². The molecule has 2 N–H and O–H groups in total. The first kappa shape index (κ1) is 25.0. The van der Waals surface area contributed by atoms with E-state index in [9.17, 15) is 14.4 Å². The quantitative estimate of drug-likeness (QED) is 0.414. The van der Waals surface area contributed by atoms with Crippen LogP contribution in [-0.2, 0) is 6.54 Å². The second kappa shape index (κ2) is 9.64. The molecule has 1 unspecified atom stereocenters. The summed E-state index contributed by atoms with van der Waals surface area (Å²) in [5.74, 6) is 0.120. The van der Waals surface area contributed by atoms with Crippen LogP contribution in [-0.4, -0.2) is 46.6 Å². The predicted octanol–water partition coefficient (Wildman–Crippen LogP) is 5.00. The van der Waals surface area contributed by atoms with Gasteiger partial charge in [-0.1, -0.05) is 29.8 Å². The summed E-state index contributed by atoms with van der Waals surface area (Å²) in [5, 5.41) is 6.11. The number of imide groups is 1. The Balaban J connectivity index is 1.31. The summed E-state index contributed by atoms with van der Waals surface area (Å²) in [6.07, 6.45) is -0.277. The van der Waals surface area contributed by atoms with Crippen molar-refractivity contribution in [2.45, 2.75) is 39.0 Å². The van der Waals surface area contributed by atoms with E-state index in [-0.39, 0.29) is 35.0 Å². The number of hydrogen-bond acceptors (Lipinski definition) is 7. The maximum absolute atomic E-state index is 13.3. The molecule has 0 spiro atoms. The van der Waals surface area contributed by atoms with Crippen molar-refractivity contribution in [3.63, 3.8) is 0 Å². The first-order valence-electron chi connectivity index (χ1n) is 11.8. The summed E-state index contributed by atoms with van der Waals surface area (Å²) in [5.41, 5.74) is 1.35. The number of rotatable bonds is 7. The Kier molecular flexibility index (Phi) is 6.51. The number of carbonyl (C=O) groups is 3. The zero-order chi connectivity index (χ0) is 26.3. The van der Waals surface area contributed by atoms with Crippen molar-refractivity contribution in [3.05, 3.63) is 80.5 Å². The Bertz CT molecular complexity index is 1450. The van der Waals surface area contributed by atoms with Crippen molar-refractivity contribution in [3.8, 4) is 5.75 Å². The molecule has 1 aromatic heterocycles. The molecule has 3 aromatic rings. The minimum atomic E-state index is -0.466. The molecule has 0 radical (unpaired) electrons. The van der Waals surface area contributed by atoms with Crippen LogP contribution in [0.15, 0.2) is 59.6 Å². The van der Waals surface area contributed by atoms with E-state index in [1.165, 1.54) is 4.90 Å². The predicted molar refractivity (Wildman–Crippen MR) is 144 cm³/mol. The number of amides is 3. The third-order valence-electron chi connectivity index (χ3n) is 6.09. The molecule has 8 nitrogen and oxygen atoms in total. The molecule has 5 rings (SSSR count). The number of amidine groups is 1. The Morgan fingerprint density at radius 1 is 1.19 bits per heavy atom. The second-order valence-electron chi connectivity index (χ2n) is 9.60. The summed E-state index contributed by atoms with van der Waals surface area (Å²) in [7, 11) is 0. The molecule has 2 aliphatic heterocycles. The van der Waals surface area contributed by atoms with E-state index >= 15 is 0 Å². The van der Waals surface area contributed by atoms with Gasteiger partial charge >= 0.3 is 0 Å². The van der Waals surface area contributed by atoms with Crippen molar-refractivity contribution in [1.82, 2.24) is 10.2 Å². The summed E-state index contributed by atoms with van der Waals surface area (Å²) in [6, 6.07) is 15.4. The van der Waals surface area contributed by atoms with Crippen LogP contribution < -0.4 is 15.4 Å². The number of nitrogens with zero attached hydrogens (tertiary/aromatic N) is 2. The SMILES string of the molecule is CC(Oc1cccc(CN2C(=O)c3cccc(NC(=O)c4ccc(Cl)s4)c3C2=O)c1)C1=NCC(C)(C)N1. The number of halogens is 1.